The van der Waals surface area contributed by atoms with Gasteiger partial charge < -0.3 is 57.8 Å². The van der Waals surface area contributed by atoms with Gasteiger partial charge in [-0.25, -0.2) is 0 Å². The standard InChI is InChI=1S/C7H16O12P2.4Na/c1-7(10)6(9)5(19-21(14,15)16)4(3(2-8)17-7)18-20(11,12)13;;;;/h3-6,8-10H,2H2,1H3,(H2,11,12,13)(H2,14,15,16);;;;/q;4*+1/p-4/t3-,4+,5+,6-,7+;;;;/m1..../s1. The van der Waals surface area contributed by atoms with Gasteiger partial charge in [0.2, 0.25) is 0 Å². The van der Waals surface area contributed by atoms with E-state index in [0.717, 1.165) is 6.92 Å². The molecular weight excluding hydrogens is 430 g/mol. The summed E-state index contributed by atoms with van der Waals surface area (Å²) in [7, 11) is -11.5. The molecule has 0 aromatic rings. The van der Waals surface area contributed by atoms with Crippen LogP contribution in [0.5, 0.6) is 0 Å². The SMILES string of the molecule is C[C@]1(O)O[C@H](CO)[C@H](OP(=O)([O-])[O-])[C@H](OP(=O)([O-])[O-])[C@H]1O.[Na+].[Na+].[Na+].[Na+]. The van der Waals surface area contributed by atoms with Gasteiger partial charge in [-0.1, -0.05) is 0 Å². The summed E-state index contributed by atoms with van der Waals surface area (Å²) in [6.07, 6.45) is -8.44. The molecule has 0 radical (unpaired) electrons. The van der Waals surface area contributed by atoms with Crippen LogP contribution in [0, 0.1) is 0 Å². The van der Waals surface area contributed by atoms with Crippen LogP contribution in [0.4, 0.5) is 0 Å². The molecule has 0 saturated carbocycles. The fourth-order valence-electron chi connectivity index (χ4n) is 1.82. The van der Waals surface area contributed by atoms with Crippen molar-refractivity contribution in [3.8, 4) is 0 Å². The van der Waals surface area contributed by atoms with Crippen LogP contribution < -0.4 is 138 Å². The molecule has 0 aromatic heterocycles. The number of ether oxygens (including phenoxy) is 1. The molecule has 1 fully saturated rings. The molecule has 1 saturated heterocycles. The maximum Gasteiger partial charge on any atom is 1.00 e. The molecular formula is C7H12Na4O12P2. The first-order chi connectivity index (χ1) is 9.27. The molecule has 5 atom stereocenters. The number of rotatable bonds is 5. The Morgan fingerprint density at radius 3 is 1.68 bits per heavy atom. The predicted molar refractivity (Wildman–Crippen MR) is 53.5 cm³/mol. The summed E-state index contributed by atoms with van der Waals surface area (Å²) in [4.78, 5) is 42.5. The van der Waals surface area contributed by atoms with E-state index in [2.05, 4.69) is 9.05 Å². The van der Waals surface area contributed by atoms with Gasteiger partial charge in [0.15, 0.2) is 5.79 Å². The molecule has 0 unspecified atom stereocenters. The number of aliphatic hydroxyl groups is 3. The summed E-state index contributed by atoms with van der Waals surface area (Å²) >= 11 is 0. The Bertz CT molecular complexity index is 468. The maximum atomic E-state index is 10.6. The minimum absolute atomic E-state index is 0. The average Bonchev–Trinajstić information content (AvgIpc) is 2.25. The van der Waals surface area contributed by atoms with Crippen molar-refractivity contribution in [1.82, 2.24) is 0 Å². The molecule has 0 spiro atoms. The van der Waals surface area contributed by atoms with Crippen LogP contribution in [0.15, 0.2) is 0 Å². The zero-order valence-electron chi connectivity index (χ0n) is 14.4. The van der Waals surface area contributed by atoms with Gasteiger partial charge in [0, 0.05) is 0 Å². The summed E-state index contributed by atoms with van der Waals surface area (Å²) in [6.45, 7) is -0.198. The molecule has 3 N–H and O–H groups in total. The Labute approximate surface area is 232 Å². The Hall–Kier alpha value is 4.06. The summed E-state index contributed by atoms with van der Waals surface area (Å²) in [6, 6.07) is 0. The molecule has 12 nitrogen and oxygen atoms in total. The third-order valence-corrected chi connectivity index (χ3v) is 3.63. The zero-order valence-corrected chi connectivity index (χ0v) is 24.2. The van der Waals surface area contributed by atoms with E-state index < -0.39 is 52.5 Å². The molecule has 1 aliphatic heterocycles. The number of hydrogen-bond acceptors (Lipinski definition) is 12. The first-order valence-electron chi connectivity index (χ1n) is 5.37. The van der Waals surface area contributed by atoms with Crippen molar-refractivity contribution in [3.05, 3.63) is 0 Å². The number of phosphoric acid groups is 2. The van der Waals surface area contributed by atoms with Gasteiger partial charge >= 0.3 is 118 Å². The van der Waals surface area contributed by atoms with Gasteiger partial charge in [0.25, 0.3) is 0 Å². The van der Waals surface area contributed by atoms with Crippen LogP contribution >= 0.6 is 15.6 Å². The molecule has 0 aromatic carbocycles. The van der Waals surface area contributed by atoms with Gasteiger partial charge in [-0.2, -0.15) is 0 Å². The number of hydrogen-bond donors (Lipinski definition) is 3. The van der Waals surface area contributed by atoms with E-state index in [9.17, 15) is 38.9 Å². The van der Waals surface area contributed by atoms with Crippen molar-refractivity contribution >= 4 is 15.6 Å². The minimum atomic E-state index is -5.75. The third kappa shape index (κ3) is 12.5. The van der Waals surface area contributed by atoms with Gasteiger partial charge in [0.1, 0.15) is 24.4 Å². The van der Waals surface area contributed by atoms with Gasteiger partial charge in [-0.15, -0.1) is 0 Å². The zero-order chi connectivity index (χ0) is 16.6. The van der Waals surface area contributed by atoms with E-state index in [1.807, 2.05) is 0 Å². The molecule has 1 rings (SSSR count). The summed E-state index contributed by atoms with van der Waals surface area (Å²) in [5, 5.41) is 28.4. The topological polar surface area (TPSA) is 215 Å². The smallest absolute Gasteiger partial charge is 0.790 e. The van der Waals surface area contributed by atoms with Crippen molar-refractivity contribution in [2.45, 2.75) is 37.1 Å². The quantitative estimate of drug-likeness (QED) is 0.267. The van der Waals surface area contributed by atoms with Crippen LogP contribution in [0.1, 0.15) is 6.92 Å². The Balaban J connectivity index is -0.000000551. The monoisotopic (exact) mass is 442 g/mol. The molecule has 0 amide bonds. The summed E-state index contributed by atoms with van der Waals surface area (Å²) < 4.78 is 33.9. The van der Waals surface area contributed by atoms with Crippen molar-refractivity contribution in [3.63, 3.8) is 0 Å². The maximum absolute atomic E-state index is 10.6. The Morgan fingerprint density at radius 1 is 1.00 bits per heavy atom. The van der Waals surface area contributed by atoms with Crippen molar-refractivity contribution in [2.75, 3.05) is 6.61 Å². The fraction of sp³-hybridized carbons (Fsp3) is 1.00. The fourth-order valence-corrected chi connectivity index (χ4v) is 2.91. The van der Waals surface area contributed by atoms with Crippen molar-refractivity contribution < 1.29 is 176 Å². The first-order valence-corrected chi connectivity index (χ1v) is 8.29. The first kappa shape index (κ1) is 36.4. The second kappa shape index (κ2) is 14.2. The van der Waals surface area contributed by atoms with E-state index in [1.165, 1.54) is 0 Å². The van der Waals surface area contributed by atoms with Gasteiger partial charge in [-0.3, -0.25) is 0 Å². The normalized spacial score (nSPS) is 32.3. The largest absolute Gasteiger partial charge is 1.00 e. The van der Waals surface area contributed by atoms with Crippen LogP contribution in [0.3, 0.4) is 0 Å². The Kier molecular flexibility index (Phi) is 20.7. The number of phosphoric ester groups is 2. The van der Waals surface area contributed by atoms with Gasteiger partial charge in [-0.05, 0) is 6.92 Å². The predicted octanol–water partition coefficient (Wildman–Crippen LogP) is -17.1. The van der Waals surface area contributed by atoms with Crippen LogP contribution in [0.2, 0.25) is 0 Å². The van der Waals surface area contributed by atoms with Crippen LogP contribution in [0.25, 0.3) is 0 Å². The summed E-state index contributed by atoms with van der Waals surface area (Å²) in [5.74, 6) is -2.50. The average molecular weight is 442 g/mol. The van der Waals surface area contributed by atoms with E-state index in [0.29, 0.717) is 0 Å². The second-order valence-electron chi connectivity index (χ2n) is 4.37. The molecule has 25 heavy (non-hydrogen) atoms. The van der Waals surface area contributed by atoms with E-state index in [1.54, 1.807) is 0 Å². The summed E-state index contributed by atoms with van der Waals surface area (Å²) in [5.41, 5.74) is 0. The van der Waals surface area contributed by atoms with Gasteiger partial charge in [0.05, 0.1) is 22.3 Å². The molecule has 0 bridgehead atoms. The molecule has 18 heteroatoms. The van der Waals surface area contributed by atoms with Crippen molar-refractivity contribution in [1.29, 1.82) is 0 Å². The molecule has 1 aliphatic rings. The van der Waals surface area contributed by atoms with Crippen LogP contribution in [-0.4, -0.2) is 52.1 Å². The van der Waals surface area contributed by atoms with E-state index in [-0.39, 0.29) is 118 Å². The van der Waals surface area contributed by atoms with E-state index in [4.69, 9.17) is 9.84 Å². The van der Waals surface area contributed by atoms with Crippen molar-refractivity contribution in [2.24, 2.45) is 0 Å². The number of aliphatic hydroxyl groups excluding tert-OH is 2. The van der Waals surface area contributed by atoms with Crippen LogP contribution in [-0.2, 0) is 22.9 Å². The molecule has 1 heterocycles. The molecule has 0 aliphatic carbocycles. The second-order valence-corrected chi connectivity index (χ2v) is 6.58. The third-order valence-electron chi connectivity index (χ3n) is 2.62. The Morgan fingerprint density at radius 2 is 1.36 bits per heavy atom. The minimum Gasteiger partial charge on any atom is -0.790 e. The molecule has 126 valence electrons. The van der Waals surface area contributed by atoms with E-state index >= 15 is 0 Å².